The smallest absolute Gasteiger partial charge is 0.406 e. The average Bonchev–Trinajstić information content (AvgIpc) is 3.00. The van der Waals surface area contributed by atoms with E-state index in [1.165, 1.54) is 12.1 Å². The molecule has 130 valence electrons. The minimum absolute atomic E-state index is 0.307. The topological polar surface area (TPSA) is 86.7 Å². The normalized spacial score (nSPS) is 20.7. The summed E-state index contributed by atoms with van der Waals surface area (Å²) in [5.74, 6) is -3.30. The van der Waals surface area contributed by atoms with E-state index in [1.807, 2.05) is 0 Å². The van der Waals surface area contributed by atoms with Gasteiger partial charge < -0.3 is 15.3 Å². The molecule has 1 aromatic carbocycles. The summed E-state index contributed by atoms with van der Waals surface area (Å²) in [6.45, 7) is -1.78. The summed E-state index contributed by atoms with van der Waals surface area (Å²) in [5, 5.41) is 11.3. The summed E-state index contributed by atoms with van der Waals surface area (Å²) >= 11 is 0. The lowest BCUT2D eigenvalue weighted by molar-refractivity contribution is -0.227. The molecule has 9 heteroatoms. The van der Waals surface area contributed by atoms with Crippen molar-refractivity contribution < 1.29 is 32.7 Å². The summed E-state index contributed by atoms with van der Waals surface area (Å²) in [7, 11) is 0. The van der Waals surface area contributed by atoms with Crippen LogP contribution >= 0.6 is 0 Å². The first-order valence-corrected chi connectivity index (χ1v) is 7.08. The quantitative estimate of drug-likeness (QED) is 0.862. The average molecular weight is 344 g/mol. The minimum Gasteiger partial charge on any atom is -0.481 e. The molecule has 0 aromatic heterocycles. The van der Waals surface area contributed by atoms with Gasteiger partial charge in [-0.2, -0.15) is 13.2 Å². The van der Waals surface area contributed by atoms with E-state index in [1.54, 1.807) is 18.2 Å². The number of carbonyl (C=O) groups is 3. The highest BCUT2D eigenvalue weighted by Crippen LogP contribution is 2.45. The lowest BCUT2D eigenvalue weighted by atomic mass is 9.86. The van der Waals surface area contributed by atoms with Crippen molar-refractivity contribution in [1.29, 1.82) is 0 Å². The summed E-state index contributed by atoms with van der Waals surface area (Å²) < 4.78 is 39.2. The summed E-state index contributed by atoms with van der Waals surface area (Å²) in [5.41, 5.74) is -2.64. The Kier molecular flexibility index (Phi) is 4.81. The van der Waals surface area contributed by atoms with Crippen molar-refractivity contribution in [3.8, 4) is 0 Å². The summed E-state index contributed by atoms with van der Waals surface area (Å²) in [4.78, 5) is 35.6. The van der Waals surface area contributed by atoms with Crippen LogP contribution in [-0.4, -0.2) is 53.6 Å². The Morgan fingerprint density at radius 1 is 1.21 bits per heavy atom. The van der Waals surface area contributed by atoms with Crippen LogP contribution in [0.15, 0.2) is 30.3 Å². The van der Waals surface area contributed by atoms with Gasteiger partial charge in [0, 0.05) is 18.7 Å². The fourth-order valence-corrected chi connectivity index (χ4v) is 2.51. The van der Waals surface area contributed by atoms with Crippen LogP contribution in [0.5, 0.6) is 0 Å². The van der Waals surface area contributed by atoms with Gasteiger partial charge in [0.1, 0.15) is 0 Å². The molecule has 1 unspecified atom stereocenters. The van der Waals surface area contributed by atoms with Gasteiger partial charge in [0.05, 0.1) is 6.54 Å². The number of nitrogens with zero attached hydrogens (tertiary/aromatic N) is 1. The van der Waals surface area contributed by atoms with Crippen molar-refractivity contribution in [2.45, 2.75) is 12.6 Å². The van der Waals surface area contributed by atoms with Gasteiger partial charge in [0.2, 0.25) is 5.91 Å². The van der Waals surface area contributed by atoms with Crippen LogP contribution in [0.25, 0.3) is 0 Å². The second-order valence-electron chi connectivity index (χ2n) is 5.50. The van der Waals surface area contributed by atoms with E-state index < -0.39 is 48.9 Å². The van der Waals surface area contributed by atoms with Gasteiger partial charge in [-0.3, -0.25) is 14.4 Å². The zero-order valence-corrected chi connectivity index (χ0v) is 12.5. The molecule has 1 aliphatic rings. The monoisotopic (exact) mass is 344 g/mol. The molecule has 0 spiro atoms. The predicted molar refractivity (Wildman–Crippen MR) is 76.1 cm³/mol. The van der Waals surface area contributed by atoms with Crippen molar-refractivity contribution in [3.05, 3.63) is 35.9 Å². The van der Waals surface area contributed by atoms with Gasteiger partial charge >= 0.3 is 12.1 Å². The van der Waals surface area contributed by atoms with E-state index in [0.717, 1.165) is 4.90 Å². The van der Waals surface area contributed by atoms with Crippen LogP contribution in [0.1, 0.15) is 16.8 Å². The second kappa shape index (κ2) is 6.50. The second-order valence-corrected chi connectivity index (χ2v) is 5.50. The molecule has 1 aromatic rings. The van der Waals surface area contributed by atoms with Gasteiger partial charge in [-0.15, -0.1) is 0 Å². The Balaban J connectivity index is 1.97. The molecule has 1 heterocycles. The first kappa shape index (κ1) is 17.8. The Bertz CT molecular complexity index is 648. The number of carboxylic acids is 1. The van der Waals surface area contributed by atoms with Crippen LogP contribution in [0, 0.1) is 5.41 Å². The predicted octanol–water partition coefficient (Wildman–Crippen LogP) is 1.28. The Labute approximate surface area is 135 Å². The molecule has 2 N–H and O–H groups in total. The fourth-order valence-electron chi connectivity index (χ4n) is 2.51. The molecule has 24 heavy (non-hydrogen) atoms. The van der Waals surface area contributed by atoms with Gasteiger partial charge in [-0.1, -0.05) is 18.2 Å². The molecule has 2 rings (SSSR count). The SMILES string of the molecule is O=C(NCC(=O)N1CCC(C(=O)O)(C(F)(F)F)C1)c1ccccc1. The number of alkyl halides is 3. The van der Waals surface area contributed by atoms with Crippen LogP contribution in [0.2, 0.25) is 0 Å². The van der Waals surface area contributed by atoms with Gasteiger partial charge in [-0.05, 0) is 18.6 Å². The molecule has 0 saturated carbocycles. The van der Waals surface area contributed by atoms with Crippen molar-refractivity contribution in [2.75, 3.05) is 19.6 Å². The lowest BCUT2D eigenvalue weighted by Gasteiger charge is -2.27. The zero-order chi connectivity index (χ0) is 18.0. The van der Waals surface area contributed by atoms with Crippen molar-refractivity contribution in [1.82, 2.24) is 10.2 Å². The maximum Gasteiger partial charge on any atom is 0.406 e. The van der Waals surface area contributed by atoms with E-state index in [2.05, 4.69) is 5.32 Å². The van der Waals surface area contributed by atoms with E-state index >= 15 is 0 Å². The number of amides is 2. The van der Waals surface area contributed by atoms with Gasteiger partial charge in [0.25, 0.3) is 5.91 Å². The Morgan fingerprint density at radius 3 is 2.33 bits per heavy atom. The number of rotatable bonds is 4. The first-order chi connectivity index (χ1) is 11.2. The molecule has 0 bridgehead atoms. The van der Waals surface area contributed by atoms with Gasteiger partial charge in [-0.25, -0.2) is 0 Å². The van der Waals surface area contributed by atoms with Crippen LogP contribution < -0.4 is 5.32 Å². The molecule has 2 amide bonds. The van der Waals surface area contributed by atoms with E-state index in [0.29, 0.717) is 5.56 Å². The number of hydrogen-bond acceptors (Lipinski definition) is 3. The number of carbonyl (C=O) groups excluding carboxylic acids is 2. The van der Waals surface area contributed by atoms with Crippen molar-refractivity contribution in [3.63, 3.8) is 0 Å². The molecular formula is C15H15F3N2O4. The number of hydrogen-bond donors (Lipinski definition) is 2. The van der Waals surface area contributed by atoms with Crippen molar-refractivity contribution in [2.24, 2.45) is 5.41 Å². The fraction of sp³-hybridized carbons (Fsp3) is 0.400. The number of aliphatic carboxylic acids is 1. The van der Waals surface area contributed by atoms with Crippen LogP contribution in [-0.2, 0) is 9.59 Å². The van der Waals surface area contributed by atoms with E-state index in [9.17, 15) is 27.6 Å². The molecule has 1 aliphatic heterocycles. The van der Waals surface area contributed by atoms with Crippen LogP contribution in [0.4, 0.5) is 13.2 Å². The van der Waals surface area contributed by atoms with Crippen LogP contribution in [0.3, 0.4) is 0 Å². The molecule has 1 saturated heterocycles. The maximum atomic E-state index is 13.1. The molecule has 1 fully saturated rings. The lowest BCUT2D eigenvalue weighted by Crippen LogP contribution is -2.48. The highest BCUT2D eigenvalue weighted by atomic mass is 19.4. The summed E-state index contributed by atoms with van der Waals surface area (Å²) in [6.07, 6.45) is -5.66. The molecule has 0 aliphatic carbocycles. The number of nitrogens with one attached hydrogen (secondary N) is 1. The molecule has 0 radical (unpaired) electrons. The standard InChI is InChI=1S/C15H15F3N2O4/c16-15(17,18)14(13(23)24)6-7-20(9-14)11(21)8-19-12(22)10-4-2-1-3-5-10/h1-5H,6-9H2,(H,19,22)(H,23,24). The minimum atomic E-state index is -4.96. The highest BCUT2D eigenvalue weighted by Gasteiger charge is 2.64. The van der Waals surface area contributed by atoms with E-state index in [4.69, 9.17) is 5.11 Å². The number of carboxylic acid groups (broad SMARTS) is 1. The zero-order valence-electron chi connectivity index (χ0n) is 12.5. The maximum absolute atomic E-state index is 13.1. The Morgan fingerprint density at radius 2 is 1.83 bits per heavy atom. The molecular weight excluding hydrogens is 329 g/mol. The molecule has 1 atom stereocenters. The largest absolute Gasteiger partial charge is 0.481 e. The first-order valence-electron chi connectivity index (χ1n) is 7.08. The Hall–Kier alpha value is -2.58. The number of benzene rings is 1. The third kappa shape index (κ3) is 3.34. The van der Waals surface area contributed by atoms with E-state index in [-0.39, 0.29) is 6.54 Å². The van der Waals surface area contributed by atoms with Crippen molar-refractivity contribution >= 4 is 17.8 Å². The van der Waals surface area contributed by atoms with Gasteiger partial charge in [0.15, 0.2) is 5.41 Å². The summed E-state index contributed by atoms with van der Waals surface area (Å²) in [6, 6.07) is 8.00. The highest BCUT2D eigenvalue weighted by molar-refractivity contribution is 5.96. The third-order valence-corrected chi connectivity index (χ3v) is 4.01. The molecule has 6 nitrogen and oxygen atoms in total. The number of likely N-dealkylation sites (tertiary alicyclic amines) is 1. The number of halogens is 3. The third-order valence-electron chi connectivity index (χ3n) is 4.01.